The Balaban J connectivity index is 2.51. The number of rotatable bonds is 6. The fourth-order valence-electron chi connectivity index (χ4n) is 1.43. The molecule has 6 heteroatoms. The Morgan fingerprint density at radius 1 is 1.44 bits per heavy atom. The second kappa shape index (κ2) is 7.59. The average Bonchev–Trinajstić information content (AvgIpc) is 2.29. The lowest BCUT2D eigenvalue weighted by Gasteiger charge is -2.11. The first-order valence-electron chi connectivity index (χ1n) is 5.45. The van der Waals surface area contributed by atoms with Crippen LogP contribution in [0.5, 0.6) is 0 Å². The summed E-state index contributed by atoms with van der Waals surface area (Å²) in [5.41, 5.74) is 0.252. The van der Waals surface area contributed by atoms with Crippen LogP contribution in [-0.4, -0.2) is 37.4 Å². The second-order valence-corrected chi connectivity index (χ2v) is 4.56. The lowest BCUT2D eigenvalue weighted by Crippen LogP contribution is -2.28. The molecule has 0 heterocycles. The van der Waals surface area contributed by atoms with E-state index in [0.717, 1.165) is 0 Å². The van der Waals surface area contributed by atoms with E-state index in [4.69, 9.17) is 27.9 Å². The van der Waals surface area contributed by atoms with Gasteiger partial charge in [0.25, 0.3) is 5.91 Å². The summed E-state index contributed by atoms with van der Waals surface area (Å²) in [6.45, 7) is 0.563. The lowest BCUT2D eigenvalue weighted by atomic mass is 10.2. The summed E-state index contributed by atoms with van der Waals surface area (Å²) in [6.07, 6.45) is -0.196. The number of carbonyl (C=O) groups is 1. The Morgan fingerprint density at radius 3 is 2.61 bits per heavy atom. The Morgan fingerprint density at radius 2 is 2.06 bits per heavy atom. The van der Waals surface area contributed by atoms with Crippen LogP contribution in [0.1, 0.15) is 16.8 Å². The zero-order valence-corrected chi connectivity index (χ0v) is 11.5. The molecule has 0 fully saturated rings. The van der Waals surface area contributed by atoms with Crippen LogP contribution in [-0.2, 0) is 4.74 Å². The van der Waals surface area contributed by atoms with E-state index >= 15 is 0 Å². The number of benzene rings is 1. The number of amides is 1. The number of carbonyl (C=O) groups excluding carboxylic acids is 1. The molecule has 100 valence electrons. The van der Waals surface area contributed by atoms with E-state index in [2.05, 4.69) is 5.32 Å². The van der Waals surface area contributed by atoms with Crippen molar-refractivity contribution >= 4 is 29.1 Å². The van der Waals surface area contributed by atoms with Gasteiger partial charge in [0.2, 0.25) is 0 Å². The fraction of sp³-hybridized carbons (Fsp3) is 0.417. The number of nitrogens with one attached hydrogen (secondary N) is 1. The average molecular weight is 292 g/mol. The molecule has 1 aromatic rings. The van der Waals surface area contributed by atoms with Crippen molar-refractivity contribution in [3.05, 3.63) is 33.8 Å². The third kappa shape index (κ3) is 4.46. The molecule has 0 saturated carbocycles. The normalized spacial score (nSPS) is 12.2. The molecule has 18 heavy (non-hydrogen) atoms. The number of aliphatic hydroxyl groups is 1. The summed E-state index contributed by atoms with van der Waals surface area (Å²) in [4.78, 5) is 11.8. The Hall–Kier alpha value is -0.810. The molecule has 4 nitrogen and oxygen atoms in total. The van der Waals surface area contributed by atoms with Crippen molar-refractivity contribution in [2.75, 3.05) is 20.3 Å². The molecule has 1 atom stereocenters. The molecule has 0 aliphatic rings. The smallest absolute Gasteiger partial charge is 0.254 e. The van der Waals surface area contributed by atoms with Gasteiger partial charge in [0.05, 0.1) is 28.3 Å². The molecule has 1 unspecified atom stereocenters. The highest BCUT2D eigenvalue weighted by atomic mass is 35.5. The molecule has 0 radical (unpaired) electrons. The summed E-state index contributed by atoms with van der Waals surface area (Å²) < 4.78 is 4.78. The lowest BCUT2D eigenvalue weighted by molar-refractivity contribution is 0.0588. The molecule has 1 amide bonds. The van der Waals surface area contributed by atoms with Crippen molar-refractivity contribution < 1.29 is 14.6 Å². The molecule has 1 aromatic carbocycles. The molecule has 1 rings (SSSR count). The Bertz CT molecular complexity index is 392. The summed E-state index contributed by atoms with van der Waals surface area (Å²) >= 11 is 11.8. The van der Waals surface area contributed by atoms with Crippen LogP contribution < -0.4 is 5.32 Å². The van der Waals surface area contributed by atoms with Crippen LogP contribution in [0.3, 0.4) is 0 Å². The highest BCUT2D eigenvalue weighted by Gasteiger charge is 2.14. The number of methoxy groups -OCH3 is 1. The van der Waals surface area contributed by atoms with Crippen LogP contribution in [0.2, 0.25) is 10.0 Å². The van der Waals surface area contributed by atoms with Crippen LogP contribution in [0.4, 0.5) is 0 Å². The van der Waals surface area contributed by atoms with Gasteiger partial charge in [0, 0.05) is 13.7 Å². The SMILES string of the molecule is COCC(O)CCNC(=O)c1c(Cl)cccc1Cl. The van der Waals surface area contributed by atoms with Crippen molar-refractivity contribution in [2.45, 2.75) is 12.5 Å². The van der Waals surface area contributed by atoms with Gasteiger partial charge in [0.15, 0.2) is 0 Å². The van der Waals surface area contributed by atoms with Crippen LogP contribution in [0, 0.1) is 0 Å². The van der Waals surface area contributed by atoms with Crippen molar-refractivity contribution in [3.63, 3.8) is 0 Å². The quantitative estimate of drug-likeness (QED) is 0.844. The van der Waals surface area contributed by atoms with E-state index in [1.807, 2.05) is 0 Å². The summed E-state index contributed by atoms with van der Waals surface area (Å²) in [7, 11) is 1.51. The van der Waals surface area contributed by atoms with E-state index in [1.54, 1.807) is 18.2 Å². The van der Waals surface area contributed by atoms with Gasteiger partial charge in [-0.2, -0.15) is 0 Å². The largest absolute Gasteiger partial charge is 0.391 e. The number of aliphatic hydroxyl groups excluding tert-OH is 1. The standard InChI is InChI=1S/C12H15Cl2NO3/c1-18-7-8(16)5-6-15-12(17)11-9(13)3-2-4-10(11)14/h2-4,8,16H,5-7H2,1H3,(H,15,17). The van der Waals surface area contributed by atoms with E-state index in [0.29, 0.717) is 23.0 Å². The summed E-state index contributed by atoms with van der Waals surface area (Å²) in [5, 5.41) is 12.7. The summed E-state index contributed by atoms with van der Waals surface area (Å²) in [5.74, 6) is -0.352. The van der Waals surface area contributed by atoms with Gasteiger partial charge in [-0.1, -0.05) is 29.3 Å². The van der Waals surface area contributed by atoms with E-state index in [-0.39, 0.29) is 18.1 Å². The van der Waals surface area contributed by atoms with Crippen LogP contribution in [0.25, 0.3) is 0 Å². The van der Waals surface area contributed by atoms with Crippen LogP contribution >= 0.6 is 23.2 Å². The van der Waals surface area contributed by atoms with Gasteiger partial charge in [-0.05, 0) is 18.6 Å². The van der Waals surface area contributed by atoms with E-state index < -0.39 is 6.10 Å². The van der Waals surface area contributed by atoms with Gasteiger partial charge < -0.3 is 15.2 Å². The predicted octanol–water partition coefficient (Wildman–Crippen LogP) is 2.12. The van der Waals surface area contributed by atoms with Gasteiger partial charge in [-0.15, -0.1) is 0 Å². The van der Waals surface area contributed by atoms with Crippen molar-refractivity contribution in [2.24, 2.45) is 0 Å². The molecular formula is C12H15Cl2NO3. The predicted molar refractivity (Wildman–Crippen MR) is 71.3 cm³/mol. The first-order valence-corrected chi connectivity index (χ1v) is 6.21. The number of hydrogen-bond donors (Lipinski definition) is 2. The molecule has 2 N–H and O–H groups in total. The maximum atomic E-state index is 11.8. The molecular weight excluding hydrogens is 277 g/mol. The maximum Gasteiger partial charge on any atom is 0.254 e. The minimum Gasteiger partial charge on any atom is -0.391 e. The molecule has 0 bridgehead atoms. The summed E-state index contributed by atoms with van der Waals surface area (Å²) in [6, 6.07) is 4.87. The first kappa shape index (κ1) is 15.2. The highest BCUT2D eigenvalue weighted by Crippen LogP contribution is 2.23. The van der Waals surface area contributed by atoms with Crippen molar-refractivity contribution in [1.82, 2.24) is 5.32 Å². The molecule has 0 spiro atoms. The van der Waals surface area contributed by atoms with Gasteiger partial charge >= 0.3 is 0 Å². The van der Waals surface area contributed by atoms with Crippen molar-refractivity contribution in [1.29, 1.82) is 0 Å². The number of ether oxygens (including phenoxy) is 1. The van der Waals surface area contributed by atoms with Crippen molar-refractivity contribution in [3.8, 4) is 0 Å². The third-order valence-corrected chi connectivity index (χ3v) is 2.94. The monoisotopic (exact) mass is 291 g/mol. The number of hydrogen-bond acceptors (Lipinski definition) is 3. The highest BCUT2D eigenvalue weighted by molar-refractivity contribution is 6.39. The van der Waals surface area contributed by atoms with E-state index in [1.165, 1.54) is 7.11 Å². The molecule has 0 aliphatic heterocycles. The Labute approximate surface area is 116 Å². The Kier molecular flexibility index (Phi) is 6.43. The van der Waals surface area contributed by atoms with Gasteiger partial charge in [0.1, 0.15) is 0 Å². The van der Waals surface area contributed by atoms with Gasteiger partial charge in [-0.25, -0.2) is 0 Å². The third-order valence-electron chi connectivity index (χ3n) is 2.31. The first-order chi connectivity index (χ1) is 8.56. The fourth-order valence-corrected chi connectivity index (χ4v) is 2.00. The minimum absolute atomic E-state index is 0.239. The molecule has 0 aliphatic carbocycles. The minimum atomic E-state index is -0.600. The zero-order valence-electron chi connectivity index (χ0n) is 9.95. The molecule has 0 saturated heterocycles. The molecule has 0 aromatic heterocycles. The zero-order chi connectivity index (χ0) is 13.5. The van der Waals surface area contributed by atoms with Crippen LogP contribution in [0.15, 0.2) is 18.2 Å². The topological polar surface area (TPSA) is 58.6 Å². The van der Waals surface area contributed by atoms with E-state index in [9.17, 15) is 9.90 Å². The van der Waals surface area contributed by atoms with Gasteiger partial charge in [-0.3, -0.25) is 4.79 Å². The maximum absolute atomic E-state index is 11.8. The number of halogens is 2. The second-order valence-electron chi connectivity index (χ2n) is 3.75.